The van der Waals surface area contributed by atoms with Gasteiger partial charge in [-0.25, -0.2) is 0 Å². The molecular formula is C14H26N2+2. The monoisotopic (exact) mass is 222 g/mol. The molecule has 0 atom stereocenters. The minimum atomic E-state index is 0.980. The summed E-state index contributed by atoms with van der Waals surface area (Å²) in [6, 6.07) is 8.80. The second-order valence-electron chi connectivity index (χ2n) is 6.67. The summed E-state index contributed by atoms with van der Waals surface area (Å²) in [4.78, 5) is 0. The Labute approximate surface area is 100 Å². The van der Waals surface area contributed by atoms with Crippen molar-refractivity contribution in [2.75, 3.05) is 42.3 Å². The first kappa shape index (κ1) is 13.2. The van der Waals surface area contributed by atoms with Gasteiger partial charge in [-0.15, -0.1) is 0 Å². The predicted molar refractivity (Wildman–Crippen MR) is 69.9 cm³/mol. The zero-order valence-corrected chi connectivity index (χ0v) is 11.6. The van der Waals surface area contributed by atoms with Crippen LogP contribution >= 0.6 is 0 Å². The van der Waals surface area contributed by atoms with Crippen molar-refractivity contribution in [3.63, 3.8) is 0 Å². The van der Waals surface area contributed by atoms with Gasteiger partial charge in [0.25, 0.3) is 0 Å². The molecule has 1 aromatic rings. The lowest BCUT2D eigenvalue weighted by Gasteiger charge is -2.28. The Kier molecular flexibility index (Phi) is 3.76. The average Bonchev–Trinajstić information content (AvgIpc) is 2.03. The van der Waals surface area contributed by atoms with E-state index in [9.17, 15) is 0 Å². The van der Waals surface area contributed by atoms with Crippen LogP contribution in [-0.2, 0) is 13.1 Å². The number of hydrogen-bond acceptors (Lipinski definition) is 0. The van der Waals surface area contributed by atoms with Crippen LogP contribution in [0.15, 0.2) is 24.3 Å². The van der Waals surface area contributed by atoms with E-state index in [0.29, 0.717) is 0 Å². The van der Waals surface area contributed by atoms with Gasteiger partial charge in [-0.05, 0) is 0 Å². The van der Waals surface area contributed by atoms with Crippen LogP contribution in [0.5, 0.6) is 0 Å². The van der Waals surface area contributed by atoms with Crippen LogP contribution in [-0.4, -0.2) is 51.3 Å². The van der Waals surface area contributed by atoms with E-state index in [1.807, 2.05) is 0 Å². The number of quaternary nitrogens is 2. The summed E-state index contributed by atoms with van der Waals surface area (Å²) >= 11 is 0. The molecule has 0 aliphatic carbocycles. The van der Waals surface area contributed by atoms with Crippen LogP contribution in [0.3, 0.4) is 0 Å². The van der Waals surface area contributed by atoms with Crippen molar-refractivity contribution in [3.05, 3.63) is 35.4 Å². The Morgan fingerprint density at radius 2 is 1.00 bits per heavy atom. The number of hydrogen-bond donors (Lipinski definition) is 0. The molecule has 0 aliphatic rings. The molecule has 0 heterocycles. The van der Waals surface area contributed by atoms with Gasteiger partial charge in [-0.1, -0.05) is 24.3 Å². The highest BCUT2D eigenvalue weighted by molar-refractivity contribution is 5.25. The van der Waals surface area contributed by atoms with E-state index >= 15 is 0 Å². The van der Waals surface area contributed by atoms with Crippen molar-refractivity contribution in [2.24, 2.45) is 0 Å². The molecule has 0 aliphatic heterocycles. The number of nitrogens with zero attached hydrogens (tertiary/aromatic N) is 2. The number of rotatable bonds is 4. The first-order chi connectivity index (χ1) is 7.17. The molecule has 0 spiro atoms. The van der Waals surface area contributed by atoms with Crippen molar-refractivity contribution in [1.82, 2.24) is 0 Å². The molecule has 0 saturated carbocycles. The van der Waals surface area contributed by atoms with E-state index in [1.54, 1.807) is 0 Å². The molecule has 90 valence electrons. The van der Waals surface area contributed by atoms with Crippen LogP contribution in [0.4, 0.5) is 0 Å². The van der Waals surface area contributed by atoms with Crippen LogP contribution in [0, 0.1) is 0 Å². The Morgan fingerprint density at radius 3 is 1.25 bits per heavy atom. The zero-order chi connectivity index (χ0) is 12.4. The first-order valence-corrected chi connectivity index (χ1v) is 5.85. The van der Waals surface area contributed by atoms with Gasteiger partial charge in [-0.2, -0.15) is 0 Å². The molecule has 0 N–H and O–H groups in total. The predicted octanol–water partition coefficient (Wildman–Crippen LogP) is 2.10. The molecule has 1 aromatic carbocycles. The van der Waals surface area contributed by atoms with E-state index in [1.165, 1.54) is 11.1 Å². The van der Waals surface area contributed by atoms with Crippen molar-refractivity contribution in [2.45, 2.75) is 13.1 Å². The Hall–Kier alpha value is -0.860. The molecule has 0 radical (unpaired) electrons. The normalized spacial score (nSPS) is 12.9. The molecule has 0 unspecified atom stereocenters. The third-order valence-electron chi connectivity index (χ3n) is 2.41. The third kappa shape index (κ3) is 4.77. The van der Waals surface area contributed by atoms with Gasteiger partial charge in [0.1, 0.15) is 13.1 Å². The van der Waals surface area contributed by atoms with E-state index in [-0.39, 0.29) is 0 Å². The molecule has 0 fully saturated rings. The number of benzene rings is 1. The Balaban J connectivity index is 2.92. The average molecular weight is 222 g/mol. The lowest BCUT2D eigenvalue weighted by Crippen LogP contribution is -2.36. The maximum Gasteiger partial charge on any atom is 0.104 e. The van der Waals surface area contributed by atoms with Gasteiger partial charge >= 0.3 is 0 Å². The lowest BCUT2D eigenvalue weighted by molar-refractivity contribution is -0.887. The van der Waals surface area contributed by atoms with Crippen LogP contribution in [0.1, 0.15) is 11.1 Å². The van der Waals surface area contributed by atoms with Gasteiger partial charge in [0.05, 0.1) is 42.3 Å². The summed E-state index contributed by atoms with van der Waals surface area (Å²) in [5.41, 5.74) is 2.95. The molecule has 0 aromatic heterocycles. The molecule has 1 rings (SSSR count). The van der Waals surface area contributed by atoms with Crippen LogP contribution in [0.2, 0.25) is 0 Å². The Bertz CT molecular complexity index is 307. The topological polar surface area (TPSA) is 0 Å². The smallest absolute Gasteiger partial charge is 0.104 e. The fraction of sp³-hybridized carbons (Fsp3) is 0.571. The summed E-state index contributed by atoms with van der Waals surface area (Å²) in [5, 5.41) is 0. The summed E-state index contributed by atoms with van der Waals surface area (Å²) in [5.74, 6) is 0. The second-order valence-corrected chi connectivity index (χ2v) is 6.67. The van der Waals surface area contributed by atoms with Crippen molar-refractivity contribution in [3.8, 4) is 0 Å². The molecular weight excluding hydrogens is 196 g/mol. The lowest BCUT2D eigenvalue weighted by atomic mass is 10.1. The van der Waals surface area contributed by atoms with E-state index in [0.717, 1.165) is 22.1 Å². The molecule has 2 heteroatoms. The molecule has 0 saturated heterocycles. The van der Waals surface area contributed by atoms with E-state index in [2.05, 4.69) is 66.6 Å². The van der Waals surface area contributed by atoms with Gasteiger partial charge in [-0.3, -0.25) is 0 Å². The largest absolute Gasteiger partial charge is 0.327 e. The zero-order valence-electron chi connectivity index (χ0n) is 11.6. The second kappa shape index (κ2) is 4.56. The fourth-order valence-corrected chi connectivity index (χ4v) is 1.89. The summed E-state index contributed by atoms with van der Waals surface area (Å²) in [7, 11) is 13.4. The van der Waals surface area contributed by atoms with Crippen molar-refractivity contribution < 1.29 is 8.97 Å². The maximum absolute atomic E-state index is 2.26. The summed E-state index contributed by atoms with van der Waals surface area (Å²) in [6.45, 7) is 2.19. The first-order valence-electron chi connectivity index (χ1n) is 5.85. The van der Waals surface area contributed by atoms with Crippen molar-refractivity contribution in [1.29, 1.82) is 0 Å². The Morgan fingerprint density at radius 1 is 0.688 bits per heavy atom. The van der Waals surface area contributed by atoms with Gasteiger partial charge in [0.15, 0.2) is 0 Å². The highest BCUT2D eigenvalue weighted by atomic mass is 15.3. The SMILES string of the molecule is C[N+](C)(C)Cc1ccccc1C[N+](C)(C)C. The highest BCUT2D eigenvalue weighted by Crippen LogP contribution is 2.16. The minimum Gasteiger partial charge on any atom is -0.327 e. The minimum absolute atomic E-state index is 0.980. The van der Waals surface area contributed by atoms with E-state index < -0.39 is 0 Å². The highest BCUT2D eigenvalue weighted by Gasteiger charge is 2.16. The quantitative estimate of drug-likeness (QED) is 0.684. The summed E-state index contributed by atoms with van der Waals surface area (Å²) in [6.07, 6.45) is 0. The molecule has 0 amide bonds. The molecule has 2 nitrogen and oxygen atoms in total. The van der Waals surface area contributed by atoms with E-state index in [4.69, 9.17) is 0 Å². The molecule has 0 bridgehead atoms. The fourth-order valence-electron chi connectivity index (χ4n) is 1.89. The van der Waals surface area contributed by atoms with Crippen LogP contribution < -0.4 is 0 Å². The van der Waals surface area contributed by atoms with Gasteiger partial charge in [0.2, 0.25) is 0 Å². The van der Waals surface area contributed by atoms with Crippen LogP contribution in [0.25, 0.3) is 0 Å². The third-order valence-corrected chi connectivity index (χ3v) is 2.41. The van der Waals surface area contributed by atoms with Crippen molar-refractivity contribution >= 4 is 0 Å². The van der Waals surface area contributed by atoms with Gasteiger partial charge < -0.3 is 8.97 Å². The summed E-state index contributed by atoms with van der Waals surface area (Å²) < 4.78 is 1.96. The molecule has 16 heavy (non-hydrogen) atoms. The maximum atomic E-state index is 2.26. The standard InChI is InChI=1S/C14H26N2/c1-15(2,3)11-13-9-7-8-10-14(13)12-16(4,5)6/h7-10H,11-12H2,1-6H3/q+2. The van der Waals surface area contributed by atoms with Gasteiger partial charge in [0, 0.05) is 11.1 Å².